The largest absolute Gasteiger partial charge is 0.198 e. The van der Waals surface area contributed by atoms with Gasteiger partial charge < -0.3 is 0 Å². The van der Waals surface area contributed by atoms with E-state index in [1.54, 1.807) is 19.1 Å². The van der Waals surface area contributed by atoms with Gasteiger partial charge in [0.25, 0.3) is 0 Å². The second-order valence-electron chi connectivity index (χ2n) is 2.16. The lowest BCUT2D eigenvalue weighted by atomic mass is 10.2. The molecule has 3 nitrogen and oxygen atoms in total. The van der Waals surface area contributed by atoms with Gasteiger partial charge in [-0.05, 0) is 19.9 Å². The third-order valence-corrected chi connectivity index (χ3v) is 1.06. The van der Waals surface area contributed by atoms with E-state index in [1.807, 2.05) is 6.92 Å². The van der Waals surface area contributed by atoms with Crippen LogP contribution in [-0.2, 0) is 0 Å². The maximum Gasteiger partial charge on any atom is 0.0694 e. The van der Waals surface area contributed by atoms with E-state index in [0.717, 1.165) is 5.71 Å². The summed E-state index contributed by atoms with van der Waals surface area (Å²) in [4.78, 5) is 0. The summed E-state index contributed by atoms with van der Waals surface area (Å²) in [6, 6.07) is 2.07. The molecule has 0 fully saturated rings. The van der Waals surface area contributed by atoms with Gasteiger partial charge in [-0.25, -0.2) is 0 Å². The third kappa shape index (κ3) is 5.04. The van der Waals surface area contributed by atoms with E-state index < -0.39 is 0 Å². The molecular formula is C8H11N3. The highest BCUT2D eigenvalue weighted by Crippen LogP contribution is 1.94. The van der Waals surface area contributed by atoms with Crippen LogP contribution in [0.5, 0.6) is 0 Å². The lowest BCUT2D eigenvalue weighted by Gasteiger charge is -1.89. The second-order valence-corrected chi connectivity index (χ2v) is 2.16. The van der Waals surface area contributed by atoms with E-state index in [4.69, 9.17) is 5.26 Å². The number of hydrogen-bond acceptors (Lipinski definition) is 3. The maximum atomic E-state index is 8.40. The van der Waals surface area contributed by atoms with Crippen LogP contribution in [0.1, 0.15) is 13.8 Å². The summed E-state index contributed by atoms with van der Waals surface area (Å²) in [5.41, 5.74) is 0.752. The monoisotopic (exact) mass is 149 g/mol. The van der Waals surface area contributed by atoms with Gasteiger partial charge in [-0.3, -0.25) is 0 Å². The Balaban J connectivity index is 4.04. The Morgan fingerprint density at radius 2 is 2.36 bits per heavy atom. The molecule has 0 heterocycles. The highest BCUT2D eigenvalue weighted by Gasteiger charge is 1.90. The van der Waals surface area contributed by atoms with Crippen molar-refractivity contribution in [3.05, 3.63) is 12.2 Å². The predicted octanol–water partition coefficient (Wildman–Crippen LogP) is 1.78. The summed E-state index contributed by atoms with van der Waals surface area (Å²) >= 11 is 0. The lowest BCUT2D eigenvalue weighted by molar-refractivity contribution is 0.957. The van der Waals surface area contributed by atoms with Crippen LogP contribution >= 0.6 is 0 Å². The summed E-state index contributed by atoms with van der Waals surface area (Å²) in [7, 11) is 0. The summed E-state index contributed by atoms with van der Waals surface area (Å²) < 4.78 is 0. The van der Waals surface area contributed by atoms with Crippen molar-refractivity contribution in [1.29, 1.82) is 5.26 Å². The smallest absolute Gasteiger partial charge is 0.0694 e. The quantitative estimate of drug-likeness (QED) is 0.445. The third-order valence-electron chi connectivity index (χ3n) is 1.06. The van der Waals surface area contributed by atoms with Crippen LogP contribution in [0.4, 0.5) is 0 Å². The minimum absolute atomic E-state index is 0.0787. The Bertz CT molecular complexity index is 220. The standard InChI is InChI=1S/C8H11N3/c1-7(6-9)4-5-8(2)11-10-3/h4-5,7H,3H2,1-2H3/b5-4-,11-8+. The Kier molecular flexibility index (Phi) is 4.67. The van der Waals surface area contributed by atoms with Crippen LogP contribution in [0.25, 0.3) is 0 Å². The molecule has 0 radical (unpaired) electrons. The maximum absolute atomic E-state index is 8.40. The molecule has 58 valence electrons. The van der Waals surface area contributed by atoms with Crippen molar-refractivity contribution in [3.8, 4) is 6.07 Å². The average Bonchev–Trinajstić information content (AvgIpc) is 2.01. The van der Waals surface area contributed by atoms with E-state index in [9.17, 15) is 0 Å². The summed E-state index contributed by atoms with van der Waals surface area (Å²) in [5, 5.41) is 15.4. The van der Waals surface area contributed by atoms with Crippen molar-refractivity contribution in [3.63, 3.8) is 0 Å². The topological polar surface area (TPSA) is 48.5 Å². The number of rotatable bonds is 3. The van der Waals surface area contributed by atoms with E-state index in [2.05, 4.69) is 23.0 Å². The molecule has 0 bridgehead atoms. The molecule has 0 aromatic heterocycles. The average molecular weight is 149 g/mol. The molecule has 0 aliphatic rings. The molecule has 1 unspecified atom stereocenters. The van der Waals surface area contributed by atoms with Crippen molar-refractivity contribution >= 4 is 12.4 Å². The minimum Gasteiger partial charge on any atom is -0.198 e. The van der Waals surface area contributed by atoms with Gasteiger partial charge in [0.05, 0.1) is 17.7 Å². The SMILES string of the molecule is C=N/N=C(C)/C=C\C(C)C#N. The lowest BCUT2D eigenvalue weighted by Crippen LogP contribution is -1.86. The minimum atomic E-state index is -0.0787. The fourth-order valence-corrected chi connectivity index (χ4v) is 0.471. The van der Waals surface area contributed by atoms with Crippen LogP contribution in [0.15, 0.2) is 22.4 Å². The molecule has 0 aromatic carbocycles. The highest BCUT2D eigenvalue weighted by atomic mass is 15.2. The van der Waals surface area contributed by atoms with Crippen LogP contribution in [-0.4, -0.2) is 12.4 Å². The molecule has 0 rings (SSSR count). The van der Waals surface area contributed by atoms with Crippen molar-refractivity contribution in [2.24, 2.45) is 16.1 Å². The number of hydrogen-bond donors (Lipinski definition) is 0. The zero-order chi connectivity index (χ0) is 8.69. The molecule has 0 saturated heterocycles. The Morgan fingerprint density at radius 3 is 2.82 bits per heavy atom. The summed E-state index contributed by atoms with van der Waals surface area (Å²) in [5.74, 6) is -0.0787. The zero-order valence-corrected chi connectivity index (χ0v) is 6.78. The molecule has 1 atom stereocenters. The van der Waals surface area contributed by atoms with Crippen molar-refractivity contribution < 1.29 is 0 Å². The van der Waals surface area contributed by atoms with Gasteiger partial charge in [0.1, 0.15) is 0 Å². The molecule has 0 aromatic rings. The molecule has 0 spiro atoms. The first-order chi connectivity index (χ1) is 5.20. The van der Waals surface area contributed by atoms with E-state index in [-0.39, 0.29) is 5.92 Å². The predicted molar refractivity (Wildman–Crippen MR) is 46.6 cm³/mol. The van der Waals surface area contributed by atoms with Gasteiger partial charge in [-0.2, -0.15) is 15.5 Å². The fraction of sp³-hybridized carbons (Fsp3) is 0.375. The molecule has 0 aliphatic carbocycles. The number of allylic oxidation sites excluding steroid dienone is 2. The van der Waals surface area contributed by atoms with Crippen molar-refractivity contribution in [1.82, 2.24) is 0 Å². The van der Waals surface area contributed by atoms with Crippen molar-refractivity contribution in [2.45, 2.75) is 13.8 Å². The van der Waals surface area contributed by atoms with Gasteiger partial charge in [-0.1, -0.05) is 6.08 Å². The fourth-order valence-electron chi connectivity index (χ4n) is 0.471. The first kappa shape index (κ1) is 9.57. The van der Waals surface area contributed by atoms with E-state index in [0.29, 0.717) is 0 Å². The van der Waals surface area contributed by atoms with E-state index >= 15 is 0 Å². The van der Waals surface area contributed by atoms with Gasteiger partial charge in [0.15, 0.2) is 0 Å². The zero-order valence-electron chi connectivity index (χ0n) is 6.78. The molecular weight excluding hydrogens is 138 g/mol. The van der Waals surface area contributed by atoms with Crippen LogP contribution < -0.4 is 0 Å². The van der Waals surface area contributed by atoms with Crippen molar-refractivity contribution in [2.75, 3.05) is 0 Å². The van der Waals surface area contributed by atoms with Crippen LogP contribution in [0, 0.1) is 17.2 Å². The normalized spacial score (nSPS) is 14.5. The van der Waals surface area contributed by atoms with E-state index in [1.165, 1.54) is 0 Å². The second kappa shape index (κ2) is 5.36. The Morgan fingerprint density at radius 1 is 1.73 bits per heavy atom. The Labute approximate surface area is 66.8 Å². The molecule has 0 N–H and O–H groups in total. The van der Waals surface area contributed by atoms with Gasteiger partial charge in [0, 0.05) is 6.72 Å². The molecule has 0 saturated carbocycles. The van der Waals surface area contributed by atoms with Gasteiger partial charge in [0.2, 0.25) is 0 Å². The van der Waals surface area contributed by atoms with Crippen LogP contribution in [0.2, 0.25) is 0 Å². The first-order valence-corrected chi connectivity index (χ1v) is 3.28. The van der Waals surface area contributed by atoms with Gasteiger partial charge in [-0.15, -0.1) is 0 Å². The summed E-state index contributed by atoms with van der Waals surface area (Å²) in [6.07, 6.45) is 3.52. The molecule has 0 aliphatic heterocycles. The first-order valence-electron chi connectivity index (χ1n) is 3.28. The molecule has 0 amide bonds. The van der Waals surface area contributed by atoms with Gasteiger partial charge >= 0.3 is 0 Å². The van der Waals surface area contributed by atoms with Crippen LogP contribution in [0.3, 0.4) is 0 Å². The summed E-state index contributed by atoms with van der Waals surface area (Å²) in [6.45, 7) is 6.82. The number of nitrogens with zero attached hydrogens (tertiary/aromatic N) is 3. The Hall–Kier alpha value is -1.43. The number of nitriles is 1. The highest BCUT2D eigenvalue weighted by molar-refractivity contribution is 5.92. The molecule has 3 heteroatoms. The molecule has 11 heavy (non-hydrogen) atoms.